The largest absolute Gasteiger partial charge is 0.471 e. The van der Waals surface area contributed by atoms with Crippen molar-refractivity contribution in [1.82, 2.24) is 9.29 Å². The summed E-state index contributed by atoms with van der Waals surface area (Å²) >= 11 is 3.36. The molecule has 0 spiro atoms. The molecule has 24 heavy (non-hydrogen) atoms. The molecule has 2 aromatic rings. The van der Waals surface area contributed by atoms with E-state index in [9.17, 15) is 8.42 Å². The highest BCUT2D eigenvalue weighted by Crippen LogP contribution is 2.25. The monoisotopic (exact) mass is 408 g/mol. The molecule has 7 heteroatoms. The van der Waals surface area contributed by atoms with Crippen molar-refractivity contribution in [2.45, 2.75) is 13.0 Å². The summed E-state index contributed by atoms with van der Waals surface area (Å²) < 4.78 is 32.4. The lowest BCUT2D eigenvalue weighted by atomic mass is 10.2. The fourth-order valence-corrected chi connectivity index (χ4v) is 3.82. The first-order valence-electron chi connectivity index (χ1n) is 7.46. The van der Waals surface area contributed by atoms with Crippen LogP contribution in [0.3, 0.4) is 0 Å². The fourth-order valence-electron chi connectivity index (χ4n) is 2.23. The highest BCUT2D eigenvalue weighted by atomic mass is 79.9. The van der Waals surface area contributed by atoms with Crippen molar-refractivity contribution in [3.63, 3.8) is 0 Å². The van der Waals surface area contributed by atoms with Crippen molar-refractivity contribution in [3.05, 3.63) is 63.6 Å². The number of aryl methyl sites for hydroxylation is 1. The third-order valence-corrected chi connectivity index (χ3v) is 5.79. The molecule has 0 amide bonds. The molecule has 5 nitrogen and oxygen atoms in total. The molecule has 3 rings (SSSR count). The first-order valence-corrected chi connectivity index (χ1v) is 9.76. The molecule has 1 fully saturated rings. The molecule has 0 radical (unpaired) electrons. The maximum atomic E-state index is 12.3. The minimum atomic E-state index is -3.43. The van der Waals surface area contributed by atoms with Crippen LogP contribution in [0.5, 0.6) is 5.88 Å². The number of nitrogens with zero attached hydrogens (tertiary/aromatic N) is 2. The number of hydrogen-bond acceptors (Lipinski definition) is 4. The highest BCUT2D eigenvalue weighted by Gasteiger charge is 2.36. The van der Waals surface area contributed by atoms with Crippen molar-refractivity contribution in [1.29, 1.82) is 0 Å². The first kappa shape index (κ1) is 17.1. The van der Waals surface area contributed by atoms with E-state index in [0.717, 1.165) is 15.6 Å². The summed E-state index contributed by atoms with van der Waals surface area (Å²) in [6.07, 6.45) is 3.06. The number of halogens is 1. The summed E-state index contributed by atoms with van der Waals surface area (Å²) in [7, 11) is -3.43. The van der Waals surface area contributed by atoms with Gasteiger partial charge >= 0.3 is 0 Å². The van der Waals surface area contributed by atoms with Crippen LogP contribution in [0.1, 0.15) is 11.1 Å². The van der Waals surface area contributed by atoms with Crippen LogP contribution in [0.4, 0.5) is 0 Å². The van der Waals surface area contributed by atoms with Crippen LogP contribution in [0, 0.1) is 6.92 Å². The number of aromatic nitrogens is 1. The molecule has 1 aromatic heterocycles. The van der Waals surface area contributed by atoms with Crippen LogP contribution in [0.25, 0.3) is 6.08 Å². The lowest BCUT2D eigenvalue weighted by Crippen LogP contribution is -2.55. The molecular weight excluding hydrogens is 392 g/mol. The SMILES string of the molecule is Cc1ccc(/C=C/S(=O)(=O)N2CC(Oc3ncccc3Br)C2)cc1. The Morgan fingerprint density at radius 3 is 2.62 bits per heavy atom. The Kier molecular flexibility index (Phi) is 5.03. The van der Waals surface area contributed by atoms with Gasteiger partial charge in [-0.2, -0.15) is 4.31 Å². The van der Waals surface area contributed by atoms with Gasteiger partial charge < -0.3 is 4.74 Å². The Bertz CT molecular complexity index is 844. The number of sulfonamides is 1. The molecule has 126 valence electrons. The van der Waals surface area contributed by atoms with Gasteiger partial charge in [0.1, 0.15) is 6.10 Å². The Hall–Kier alpha value is -1.70. The summed E-state index contributed by atoms with van der Waals surface area (Å²) in [4.78, 5) is 4.12. The van der Waals surface area contributed by atoms with Gasteiger partial charge in [0.2, 0.25) is 15.9 Å². The molecule has 0 atom stereocenters. The quantitative estimate of drug-likeness (QED) is 0.761. The zero-order valence-corrected chi connectivity index (χ0v) is 15.5. The van der Waals surface area contributed by atoms with Gasteiger partial charge in [0, 0.05) is 11.6 Å². The Labute approximate surface area is 150 Å². The third kappa shape index (κ3) is 4.03. The highest BCUT2D eigenvalue weighted by molar-refractivity contribution is 9.10. The Morgan fingerprint density at radius 2 is 1.96 bits per heavy atom. The van der Waals surface area contributed by atoms with Gasteiger partial charge in [0.25, 0.3) is 0 Å². The van der Waals surface area contributed by atoms with Crippen LogP contribution >= 0.6 is 15.9 Å². The van der Waals surface area contributed by atoms with E-state index in [1.165, 1.54) is 9.71 Å². The van der Waals surface area contributed by atoms with Crippen LogP contribution in [0.2, 0.25) is 0 Å². The minimum absolute atomic E-state index is 0.182. The van der Waals surface area contributed by atoms with Crippen molar-refractivity contribution < 1.29 is 13.2 Å². The van der Waals surface area contributed by atoms with E-state index in [2.05, 4.69) is 20.9 Å². The molecular formula is C17H17BrN2O3S. The molecule has 0 bridgehead atoms. The molecule has 2 heterocycles. The molecule has 1 aromatic carbocycles. The van der Waals surface area contributed by atoms with Crippen molar-refractivity contribution in [2.75, 3.05) is 13.1 Å². The third-order valence-electron chi connectivity index (χ3n) is 3.69. The Morgan fingerprint density at radius 1 is 1.25 bits per heavy atom. The standard InChI is InChI=1S/C17H17BrN2O3S/c1-13-4-6-14(7-5-13)8-10-24(21,22)20-11-15(12-20)23-17-16(18)3-2-9-19-17/h2-10,15H,11-12H2,1H3/b10-8+. The number of ether oxygens (including phenoxy) is 1. The molecule has 0 saturated carbocycles. The average molecular weight is 409 g/mol. The fraction of sp³-hybridized carbons (Fsp3) is 0.235. The van der Waals surface area contributed by atoms with Gasteiger partial charge in [-0.3, -0.25) is 0 Å². The molecule has 1 aliphatic rings. The lowest BCUT2D eigenvalue weighted by Gasteiger charge is -2.36. The minimum Gasteiger partial charge on any atom is -0.471 e. The van der Waals surface area contributed by atoms with E-state index in [1.54, 1.807) is 18.3 Å². The van der Waals surface area contributed by atoms with Gasteiger partial charge in [-0.25, -0.2) is 13.4 Å². The van der Waals surface area contributed by atoms with Crippen LogP contribution in [0.15, 0.2) is 52.5 Å². The second-order valence-electron chi connectivity index (χ2n) is 5.61. The van der Waals surface area contributed by atoms with Crippen molar-refractivity contribution in [3.8, 4) is 5.88 Å². The second kappa shape index (κ2) is 7.04. The molecule has 0 N–H and O–H groups in total. The zero-order valence-electron chi connectivity index (χ0n) is 13.1. The number of pyridine rings is 1. The first-order chi connectivity index (χ1) is 11.4. The second-order valence-corrected chi connectivity index (χ2v) is 8.28. The van der Waals surface area contributed by atoms with Crippen LogP contribution < -0.4 is 4.74 Å². The predicted molar refractivity (Wildman–Crippen MR) is 97.1 cm³/mol. The average Bonchev–Trinajstić information content (AvgIpc) is 2.51. The van der Waals surface area contributed by atoms with Gasteiger partial charge in [-0.1, -0.05) is 29.8 Å². The summed E-state index contributed by atoms with van der Waals surface area (Å²) in [6, 6.07) is 11.3. The Balaban J connectivity index is 1.58. The maximum Gasteiger partial charge on any atom is 0.236 e. The lowest BCUT2D eigenvalue weighted by molar-refractivity contribution is 0.0722. The van der Waals surface area contributed by atoms with E-state index in [4.69, 9.17) is 4.74 Å². The van der Waals surface area contributed by atoms with Gasteiger partial charge in [0.15, 0.2) is 0 Å². The molecule has 0 unspecified atom stereocenters. The molecule has 1 aliphatic heterocycles. The zero-order chi connectivity index (χ0) is 17.2. The van der Waals surface area contributed by atoms with Gasteiger partial charge in [-0.05, 0) is 46.6 Å². The topological polar surface area (TPSA) is 59.5 Å². The molecule has 1 saturated heterocycles. The normalized spacial score (nSPS) is 16.2. The van der Waals surface area contributed by atoms with Crippen LogP contribution in [-0.2, 0) is 10.0 Å². The van der Waals surface area contributed by atoms with E-state index in [-0.39, 0.29) is 6.10 Å². The van der Waals surface area contributed by atoms with Crippen LogP contribution in [-0.4, -0.2) is 36.9 Å². The number of benzene rings is 1. The summed E-state index contributed by atoms with van der Waals surface area (Å²) in [5.74, 6) is 0.481. The van der Waals surface area contributed by atoms with Crippen molar-refractivity contribution >= 4 is 32.0 Å². The number of hydrogen-bond donors (Lipinski definition) is 0. The van der Waals surface area contributed by atoms with Gasteiger partial charge in [-0.15, -0.1) is 0 Å². The van der Waals surface area contributed by atoms with Gasteiger partial charge in [0.05, 0.1) is 17.6 Å². The van der Waals surface area contributed by atoms with Crippen molar-refractivity contribution in [2.24, 2.45) is 0 Å². The summed E-state index contributed by atoms with van der Waals surface area (Å²) in [5, 5.41) is 1.24. The number of rotatable bonds is 5. The van der Waals surface area contributed by atoms with E-state index in [1.807, 2.05) is 37.3 Å². The smallest absolute Gasteiger partial charge is 0.236 e. The van der Waals surface area contributed by atoms with E-state index in [0.29, 0.717) is 19.0 Å². The maximum absolute atomic E-state index is 12.3. The molecule has 0 aliphatic carbocycles. The summed E-state index contributed by atoms with van der Waals surface area (Å²) in [6.45, 7) is 2.64. The van der Waals surface area contributed by atoms with E-state index < -0.39 is 10.0 Å². The van der Waals surface area contributed by atoms with E-state index >= 15 is 0 Å². The summed E-state index contributed by atoms with van der Waals surface area (Å²) in [5.41, 5.74) is 1.99. The predicted octanol–water partition coefficient (Wildman–Crippen LogP) is 3.22.